The van der Waals surface area contributed by atoms with Crippen LogP contribution in [0.25, 0.3) is 0 Å². The zero-order valence-corrected chi connectivity index (χ0v) is 5.38. The van der Waals surface area contributed by atoms with Crippen molar-refractivity contribution >= 4 is 22.2 Å². The topological polar surface area (TPSA) is 0 Å². The van der Waals surface area contributed by atoms with E-state index in [1.807, 2.05) is 5.82 Å². The van der Waals surface area contributed by atoms with Crippen molar-refractivity contribution < 1.29 is 0 Å². The van der Waals surface area contributed by atoms with Crippen LogP contribution in [-0.2, 0) is 0 Å². The maximum absolute atomic E-state index is 4.99. The third kappa shape index (κ3) is 4.31. The molecule has 0 fully saturated rings. The molecule has 29 valence electrons. The fourth-order valence-electron chi connectivity index (χ4n) is 0.0994. The normalized spacial score (nSPS) is 9.83. The molecule has 0 N–H and O–H groups in total. The molecule has 0 aromatic heterocycles. The molecule has 0 atom stereocenters. The number of hydrogen-bond donors (Lipinski definition) is 0. The van der Waals surface area contributed by atoms with Crippen molar-refractivity contribution in [3.63, 3.8) is 0 Å². The molecule has 0 aliphatic rings. The molecule has 0 unspecified atom stereocenters. The van der Waals surface area contributed by atoms with Gasteiger partial charge in [0.15, 0.2) is 0 Å². The van der Waals surface area contributed by atoms with Crippen molar-refractivity contribution in [2.24, 2.45) is 0 Å². The summed E-state index contributed by atoms with van der Waals surface area (Å²) in [6.45, 7) is 6.16. The molecule has 0 spiro atoms. The molecule has 0 saturated heterocycles. The first-order chi connectivity index (χ1) is 2.91. The maximum atomic E-state index is 4.99. The van der Waals surface area contributed by atoms with Crippen molar-refractivity contribution in [2.75, 3.05) is 0 Å². The Hall–Kier alpha value is 0.312. The van der Waals surface area contributed by atoms with E-state index < -0.39 is 0 Å². The van der Waals surface area contributed by atoms with Crippen LogP contribution >= 0.6 is 6.78 Å². The summed E-state index contributed by atoms with van der Waals surface area (Å²) in [6, 6.07) is 0. The Morgan fingerprint density at radius 3 is 2.50 bits per heavy atom. The van der Waals surface area contributed by atoms with E-state index in [0.717, 1.165) is 0 Å². The second-order valence-electron chi connectivity index (χ2n) is 0.683. The van der Waals surface area contributed by atoms with E-state index in [0.29, 0.717) is 0 Å². The zero-order valence-electron chi connectivity index (χ0n) is 3.33. The van der Waals surface area contributed by atoms with E-state index >= 15 is 0 Å². The summed E-state index contributed by atoms with van der Waals surface area (Å²) >= 11 is 2.54. The van der Waals surface area contributed by atoms with Gasteiger partial charge in [-0.25, -0.2) is 0 Å². The summed E-state index contributed by atoms with van der Waals surface area (Å²) in [6.07, 6.45) is 3.31. The summed E-state index contributed by atoms with van der Waals surface area (Å²) in [4.78, 5) is 0. The number of rotatable bonds is 2. The van der Waals surface area contributed by atoms with Gasteiger partial charge in [-0.2, -0.15) is 0 Å². The van der Waals surface area contributed by atoms with Gasteiger partial charge in [-0.05, 0) is 0 Å². The van der Waals surface area contributed by atoms with E-state index in [-0.39, 0.29) is 0 Å². The molecule has 1 radical (unpaired) electrons. The van der Waals surface area contributed by atoms with Crippen molar-refractivity contribution in [2.45, 2.75) is 0 Å². The Morgan fingerprint density at radius 2 is 2.33 bits per heavy atom. The average Bonchev–Trinajstić information content (AvgIpc) is 1.61. The second kappa shape index (κ2) is 5.31. The second-order valence-corrected chi connectivity index (χ2v) is 2.17. The quantitative estimate of drug-likeness (QED) is 0.219. The van der Waals surface area contributed by atoms with Crippen molar-refractivity contribution in [3.8, 4) is 0 Å². The van der Waals surface area contributed by atoms with Crippen LogP contribution in [0.3, 0.4) is 0 Å². The predicted molar refractivity (Wildman–Crippen MR) is 30.7 cm³/mol. The Balaban J connectivity index is 3.17. The van der Waals surface area contributed by atoms with E-state index in [4.69, 9.17) is 6.58 Å². The van der Waals surface area contributed by atoms with E-state index in [2.05, 4.69) is 15.4 Å². The molecular weight excluding hydrogens is 106 g/mol. The van der Waals surface area contributed by atoms with E-state index in [9.17, 15) is 0 Å². The molecule has 0 aliphatic carbocycles. The number of hydrogen-bond acceptors (Lipinski definition) is 0. The van der Waals surface area contributed by atoms with E-state index in [1.54, 1.807) is 6.08 Å². The van der Waals surface area contributed by atoms with Gasteiger partial charge in [0.1, 0.15) is 0 Å². The molecule has 0 saturated carbocycles. The fraction of sp³-hybridized carbons (Fsp3) is 0. The fourth-order valence-corrected chi connectivity index (χ4v) is 0.596. The monoisotopic (exact) mass is 110 g/mol. The average molecular weight is 110 g/mol. The summed E-state index contributed by atoms with van der Waals surface area (Å²) in [5.74, 6) is 1.94. The molecule has 0 bridgehead atoms. The minimum atomic E-state index is 1.17. The van der Waals surface area contributed by atoms with Gasteiger partial charge in [0.2, 0.25) is 0 Å². The Labute approximate surface area is 47.2 Å². The van der Waals surface area contributed by atoms with Gasteiger partial charge in [0.05, 0.1) is 0 Å². The van der Waals surface area contributed by atoms with Crippen LogP contribution in [0.1, 0.15) is 0 Å². The van der Waals surface area contributed by atoms with Crippen molar-refractivity contribution in [3.05, 3.63) is 24.5 Å². The van der Waals surface area contributed by atoms with Gasteiger partial charge < -0.3 is 0 Å². The summed E-state index contributed by atoms with van der Waals surface area (Å²) in [5.41, 5.74) is 0. The molecule has 0 aromatic rings. The van der Waals surface area contributed by atoms with Crippen molar-refractivity contribution in [1.82, 2.24) is 0 Å². The van der Waals surface area contributed by atoms with Crippen LogP contribution in [0.4, 0.5) is 0 Å². The minimum absolute atomic E-state index is 1.17. The molecule has 0 aliphatic heterocycles. The summed E-state index contributed by atoms with van der Waals surface area (Å²) in [5, 5.41) is 0. The van der Waals surface area contributed by atoms with Crippen molar-refractivity contribution in [1.29, 1.82) is 0 Å². The first-order valence-electron chi connectivity index (χ1n) is 1.52. The summed E-state index contributed by atoms with van der Waals surface area (Å²) < 4.78 is 0. The molecule has 0 aromatic carbocycles. The first-order valence-corrected chi connectivity index (χ1v) is 4.10. The Bertz CT molecular complexity index is 65.6. The van der Waals surface area contributed by atoms with Crippen LogP contribution < -0.4 is 0 Å². The third-order valence-corrected chi connectivity index (χ3v) is 1.14. The van der Waals surface area contributed by atoms with Gasteiger partial charge >= 0.3 is 46.7 Å². The SMILES string of the molecule is [CH-]=CC=C[P]=[Al]. The Morgan fingerprint density at radius 1 is 1.67 bits per heavy atom. The summed E-state index contributed by atoms with van der Waals surface area (Å²) in [7, 11) is 0. The third-order valence-electron chi connectivity index (χ3n) is 0.283. The molecule has 0 heterocycles. The van der Waals surface area contributed by atoms with Crippen LogP contribution in [0.15, 0.2) is 18.0 Å². The zero-order chi connectivity index (χ0) is 4.83. The standard InChI is InChI=1S/C4H4P.Al/c1-2-3-4-5;/h1-4H;/q-1;. The van der Waals surface area contributed by atoms with Gasteiger partial charge in [-0.15, -0.1) is 0 Å². The van der Waals surface area contributed by atoms with Gasteiger partial charge in [-0.1, -0.05) is 0 Å². The molecular formula is C4H4AlP-. The van der Waals surface area contributed by atoms with Crippen LogP contribution in [0.2, 0.25) is 0 Å². The first kappa shape index (κ1) is 6.31. The van der Waals surface area contributed by atoms with Gasteiger partial charge in [0.25, 0.3) is 0 Å². The van der Waals surface area contributed by atoms with Gasteiger partial charge in [-0.3, -0.25) is 0 Å². The van der Waals surface area contributed by atoms with Gasteiger partial charge in [0, 0.05) is 0 Å². The van der Waals surface area contributed by atoms with Crippen LogP contribution in [-0.4, -0.2) is 15.4 Å². The predicted octanol–water partition coefficient (Wildman–Crippen LogP) is 1.52. The number of allylic oxidation sites excluding steroid dienone is 2. The molecule has 0 nitrogen and oxygen atoms in total. The van der Waals surface area contributed by atoms with E-state index in [1.165, 1.54) is 12.9 Å². The van der Waals surface area contributed by atoms with Crippen LogP contribution in [0, 0.1) is 6.58 Å². The molecule has 6 heavy (non-hydrogen) atoms. The molecule has 0 amide bonds. The molecule has 2 heteroatoms. The Kier molecular flexibility index (Phi) is 5.59. The molecule has 0 rings (SSSR count). The van der Waals surface area contributed by atoms with Crippen LogP contribution in [0.5, 0.6) is 0 Å².